The molecule has 0 aliphatic rings. The lowest BCUT2D eigenvalue weighted by Crippen LogP contribution is -2.25. The summed E-state index contributed by atoms with van der Waals surface area (Å²) in [5.41, 5.74) is 1.80. The highest BCUT2D eigenvalue weighted by Gasteiger charge is 2.04. The van der Waals surface area contributed by atoms with Gasteiger partial charge in [0.15, 0.2) is 5.65 Å². The number of nitrogens with zero attached hydrogens (tertiary/aromatic N) is 3. The Labute approximate surface area is 113 Å². The molecule has 0 bridgehead atoms. The molecule has 0 fully saturated rings. The van der Waals surface area contributed by atoms with Crippen LogP contribution in [0.3, 0.4) is 0 Å². The molecule has 100 valence electrons. The van der Waals surface area contributed by atoms with Crippen molar-refractivity contribution < 1.29 is 0 Å². The molecule has 2 aromatic rings. The first kappa shape index (κ1) is 13.5. The van der Waals surface area contributed by atoms with Gasteiger partial charge in [0, 0.05) is 25.7 Å². The zero-order chi connectivity index (χ0) is 13.5. The molecule has 4 heteroatoms. The van der Waals surface area contributed by atoms with Crippen molar-refractivity contribution in [2.24, 2.45) is 0 Å². The Morgan fingerprint density at radius 1 is 1.26 bits per heavy atom. The largest absolute Gasteiger partial charge is 0.341 e. The van der Waals surface area contributed by atoms with Gasteiger partial charge in [0.2, 0.25) is 0 Å². The van der Waals surface area contributed by atoms with E-state index in [2.05, 4.69) is 33.0 Å². The van der Waals surface area contributed by atoms with Crippen molar-refractivity contribution in [2.75, 3.05) is 19.6 Å². The van der Waals surface area contributed by atoms with Crippen LogP contribution < -0.4 is 0 Å². The van der Waals surface area contributed by atoms with Crippen LogP contribution in [0.5, 0.6) is 0 Å². The van der Waals surface area contributed by atoms with E-state index in [4.69, 9.17) is 0 Å². The smallest absolute Gasteiger partial charge is 0.177 e. The topological polar surface area (TPSA) is 44.8 Å². The van der Waals surface area contributed by atoms with Crippen LogP contribution in [0.25, 0.3) is 11.2 Å². The van der Waals surface area contributed by atoms with Crippen molar-refractivity contribution in [3.63, 3.8) is 0 Å². The number of fused-ring (bicyclic) bond motifs is 1. The summed E-state index contributed by atoms with van der Waals surface area (Å²) in [7, 11) is 0. The Bertz CT molecular complexity index is 501. The SMILES string of the molecule is C=CCN(CC=C)CCCc1nc2ncccc2[nH]1. The maximum atomic E-state index is 4.48. The lowest BCUT2D eigenvalue weighted by Gasteiger charge is -2.17. The third-order valence-corrected chi connectivity index (χ3v) is 2.97. The Balaban J connectivity index is 1.87. The number of rotatable bonds is 8. The number of H-pyrrole nitrogens is 1. The quantitative estimate of drug-likeness (QED) is 0.738. The fourth-order valence-electron chi connectivity index (χ4n) is 2.11. The molecule has 0 aliphatic carbocycles. The van der Waals surface area contributed by atoms with E-state index in [0.29, 0.717) is 0 Å². The van der Waals surface area contributed by atoms with Gasteiger partial charge < -0.3 is 4.98 Å². The fraction of sp³-hybridized carbons (Fsp3) is 0.333. The van der Waals surface area contributed by atoms with Crippen molar-refractivity contribution in [2.45, 2.75) is 12.8 Å². The van der Waals surface area contributed by atoms with Crippen LogP contribution >= 0.6 is 0 Å². The van der Waals surface area contributed by atoms with E-state index in [-0.39, 0.29) is 0 Å². The molecule has 1 N–H and O–H groups in total. The minimum absolute atomic E-state index is 0.798. The van der Waals surface area contributed by atoms with Gasteiger partial charge in [0.25, 0.3) is 0 Å². The fourth-order valence-corrected chi connectivity index (χ4v) is 2.11. The molecule has 0 radical (unpaired) electrons. The molecule has 19 heavy (non-hydrogen) atoms. The van der Waals surface area contributed by atoms with Crippen LogP contribution in [-0.4, -0.2) is 39.5 Å². The van der Waals surface area contributed by atoms with Crippen molar-refractivity contribution in [3.05, 3.63) is 49.5 Å². The van der Waals surface area contributed by atoms with Gasteiger partial charge in [-0.1, -0.05) is 12.2 Å². The second-order valence-electron chi connectivity index (χ2n) is 4.50. The Morgan fingerprint density at radius 2 is 2.05 bits per heavy atom. The maximum absolute atomic E-state index is 4.48. The third-order valence-electron chi connectivity index (χ3n) is 2.97. The molecule has 0 amide bonds. The first-order valence-corrected chi connectivity index (χ1v) is 6.57. The van der Waals surface area contributed by atoms with Gasteiger partial charge in [-0.15, -0.1) is 13.2 Å². The van der Waals surface area contributed by atoms with E-state index in [9.17, 15) is 0 Å². The Hall–Kier alpha value is -1.94. The van der Waals surface area contributed by atoms with Gasteiger partial charge in [-0.25, -0.2) is 9.97 Å². The van der Waals surface area contributed by atoms with Crippen molar-refractivity contribution >= 4 is 11.2 Å². The molecular formula is C15H20N4. The molecule has 2 heterocycles. The summed E-state index contributed by atoms with van der Waals surface area (Å²) in [4.78, 5) is 14.3. The summed E-state index contributed by atoms with van der Waals surface area (Å²) in [6.45, 7) is 10.4. The molecule has 0 saturated heterocycles. The van der Waals surface area contributed by atoms with Crippen molar-refractivity contribution in [1.29, 1.82) is 0 Å². The Kier molecular flexibility index (Phi) is 4.86. The van der Waals surface area contributed by atoms with E-state index >= 15 is 0 Å². The summed E-state index contributed by atoms with van der Waals surface area (Å²) < 4.78 is 0. The van der Waals surface area contributed by atoms with E-state index in [0.717, 1.165) is 49.5 Å². The van der Waals surface area contributed by atoms with Gasteiger partial charge in [-0.2, -0.15) is 0 Å². The molecular weight excluding hydrogens is 236 g/mol. The predicted molar refractivity (Wildman–Crippen MR) is 79.0 cm³/mol. The standard InChI is InChI=1S/C15H20N4/c1-3-10-19(11-4-2)12-6-8-14-17-13-7-5-9-16-15(13)18-14/h3-5,7,9H,1-2,6,8,10-12H2,(H,16,17,18). The molecule has 0 aromatic carbocycles. The van der Waals surface area contributed by atoms with Gasteiger partial charge in [0.1, 0.15) is 5.82 Å². The van der Waals surface area contributed by atoms with E-state index in [1.807, 2.05) is 24.3 Å². The summed E-state index contributed by atoms with van der Waals surface area (Å²) in [5.74, 6) is 1.01. The molecule has 2 aromatic heterocycles. The molecule has 4 nitrogen and oxygen atoms in total. The van der Waals surface area contributed by atoms with Crippen molar-refractivity contribution in [1.82, 2.24) is 19.9 Å². The normalized spacial score (nSPS) is 11.0. The summed E-state index contributed by atoms with van der Waals surface area (Å²) in [6.07, 6.45) is 7.61. The van der Waals surface area contributed by atoms with E-state index < -0.39 is 0 Å². The maximum Gasteiger partial charge on any atom is 0.177 e. The number of aromatic nitrogens is 3. The molecule has 0 atom stereocenters. The first-order chi connectivity index (χ1) is 9.33. The highest BCUT2D eigenvalue weighted by Crippen LogP contribution is 2.09. The summed E-state index contributed by atoms with van der Waals surface area (Å²) >= 11 is 0. The van der Waals surface area contributed by atoms with Gasteiger partial charge in [-0.3, -0.25) is 4.90 Å². The van der Waals surface area contributed by atoms with E-state index in [1.54, 1.807) is 6.20 Å². The first-order valence-electron chi connectivity index (χ1n) is 6.57. The molecule has 0 saturated carbocycles. The number of imidazole rings is 1. The summed E-state index contributed by atoms with van der Waals surface area (Å²) in [6, 6.07) is 3.92. The zero-order valence-corrected chi connectivity index (χ0v) is 11.2. The average Bonchev–Trinajstić information content (AvgIpc) is 2.82. The highest BCUT2D eigenvalue weighted by atomic mass is 15.1. The predicted octanol–water partition coefficient (Wildman–Crippen LogP) is 2.56. The zero-order valence-electron chi connectivity index (χ0n) is 11.2. The number of pyridine rings is 1. The highest BCUT2D eigenvalue weighted by molar-refractivity contribution is 5.69. The van der Waals surface area contributed by atoms with Crippen LogP contribution in [0.4, 0.5) is 0 Å². The lowest BCUT2D eigenvalue weighted by molar-refractivity contribution is 0.329. The minimum atomic E-state index is 0.798. The molecule has 0 spiro atoms. The number of nitrogens with one attached hydrogen (secondary N) is 1. The van der Waals surface area contributed by atoms with Crippen LogP contribution in [0.15, 0.2) is 43.6 Å². The number of hydrogen-bond donors (Lipinski definition) is 1. The molecule has 0 aliphatic heterocycles. The van der Waals surface area contributed by atoms with E-state index in [1.165, 1.54) is 0 Å². The van der Waals surface area contributed by atoms with Crippen LogP contribution in [0, 0.1) is 0 Å². The number of aromatic amines is 1. The second kappa shape index (κ2) is 6.85. The van der Waals surface area contributed by atoms with Gasteiger partial charge in [-0.05, 0) is 25.1 Å². The van der Waals surface area contributed by atoms with Gasteiger partial charge >= 0.3 is 0 Å². The third kappa shape index (κ3) is 3.76. The molecule has 2 rings (SSSR count). The monoisotopic (exact) mass is 256 g/mol. The number of hydrogen-bond acceptors (Lipinski definition) is 3. The van der Waals surface area contributed by atoms with Crippen molar-refractivity contribution in [3.8, 4) is 0 Å². The molecule has 0 unspecified atom stereocenters. The van der Waals surface area contributed by atoms with Crippen LogP contribution in [-0.2, 0) is 6.42 Å². The summed E-state index contributed by atoms with van der Waals surface area (Å²) in [5, 5.41) is 0. The number of aryl methyl sites for hydroxylation is 1. The minimum Gasteiger partial charge on any atom is -0.341 e. The van der Waals surface area contributed by atoms with Crippen LogP contribution in [0.1, 0.15) is 12.2 Å². The van der Waals surface area contributed by atoms with Gasteiger partial charge in [0.05, 0.1) is 5.52 Å². The Morgan fingerprint density at radius 3 is 2.74 bits per heavy atom. The van der Waals surface area contributed by atoms with Crippen LogP contribution in [0.2, 0.25) is 0 Å². The lowest BCUT2D eigenvalue weighted by atomic mass is 10.2. The average molecular weight is 256 g/mol. The second-order valence-corrected chi connectivity index (χ2v) is 4.50.